The van der Waals surface area contributed by atoms with E-state index in [9.17, 15) is 0 Å². The molecule has 16 heavy (non-hydrogen) atoms. The molecule has 1 aliphatic carbocycles. The van der Waals surface area contributed by atoms with Crippen LogP contribution in [0.4, 0.5) is 0 Å². The van der Waals surface area contributed by atoms with Gasteiger partial charge in [0.1, 0.15) is 11.5 Å². The lowest BCUT2D eigenvalue weighted by atomic mass is 9.94. The second kappa shape index (κ2) is 3.98. The molecule has 3 heteroatoms. The summed E-state index contributed by atoms with van der Waals surface area (Å²) < 4.78 is 10.6. The van der Waals surface area contributed by atoms with E-state index in [0.29, 0.717) is 5.92 Å². The lowest BCUT2D eigenvalue weighted by Crippen LogP contribution is -2.12. The van der Waals surface area contributed by atoms with Gasteiger partial charge in [0.2, 0.25) is 0 Å². The Morgan fingerprint density at radius 1 is 1.38 bits per heavy atom. The zero-order chi connectivity index (χ0) is 11.8. The molecule has 0 radical (unpaired) electrons. The van der Waals surface area contributed by atoms with E-state index in [-0.39, 0.29) is 5.41 Å². The third kappa shape index (κ3) is 1.65. The van der Waals surface area contributed by atoms with Gasteiger partial charge in [-0.1, -0.05) is 13.0 Å². The summed E-state index contributed by atoms with van der Waals surface area (Å²) in [6.45, 7) is 2.99. The van der Waals surface area contributed by atoms with E-state index >= 15 is 0 Å². The highest BCUT2D eigenvalue weighted by atomic mass is 16.5. The van der Waals surface area contributed by atoms with E-state index in [1.165, 1.54) is 5.56 Å². The second-order valence-corrected chi connectivity index (χ2v) is 4.62. The van der Waals surface area contributed by atoms with E-state index in [4.69, 9.17) is 15.2 Å². The summed E-state index contributed by atoms with van der Waals surface area (Å²) in [5.41, 5.74) is 7.16. The first-order chi connectivity index (χ1) is 7.65. The monoisotopic (exact) mass is 221 g/mol. The Kier molecular flexibility index (Phi) is 2.80. The number of hydrogen-bond donors (Lipinski definition) is 1. The molecular weight excluding hydrogens is 202 g/mol. The molecule has 2 rings (SSSR count). The van der Waals surface area contributed by atoms with Gasteiger partial charge in [-0.25, -0.2) is 0 Å². The minimum atomic E-state index is 0.187. The summed E-state index contributed by atoms with van der Waals surface area (Å²) in [5.74, 6) is 2.31. The van der Waals surface area contributed by atoms with E-state index < -0.39 is 0 Å². The van der Waals surface area contributed by atoms with Gasteiger partial charge in [0.25, 0.3) is 0 Å². The molecule has 0 amide bonds. The highest BCUT2D eigenvalue weighted by molar-refractivity contribution is 5.48. The highest BCUT2D eigenvalue weighted by Gasteiger charge is 2.51. The molecular formula is C13H19NO2. The van der Waals surface area contributed by atoms with Gasteiger partial charge in [-0.2, -0.15) is 0 Å². The Morgan fingerprint density at radius 3 is 2.62 bits per heavy atom. The van der Waals surface area contributed by atoms with Crippen molar-refractivity contribution in [1.29, 1.82) is 0 Å². The zero-order valence-electron chi connectivity index (χ0n) is 10.1. The number of rotatable bonds is 4. The van der Waals surface area contributed by atoms with Crippen LogP contribution in [0, 0.1) is 5.92 Å². The van der Waals surface area contributed by atoms with Crippen LogP contribution in [0.1, 0.15) is 18.9 Å². The summed E-state index contributed by atoms with van der Waals surface area (Å²) in [6, 6.07) is 6.01. The van der Waals surface area contributed by atoms with Crippen LogP contribution in [0.3, 0.4) is 0 Å². The average Bonchev–Trinajstić information content (AvgIpc) is 3.00. The third-order valence-electron chi connectivity index (χ3n) is 3.72. The smallest absolute Gasteiger partial charge is 0.126 e. The number of benzene rings is 1. The van der Waals surface area contributed by atoms with E-state index in [2.05, 4.69) is 13.0 Å². The summed E-state index contributed by atoms with van der Waals surface area (Å²) in [7, 11) is 3.36. The molecule has 1 fully saturated rings. The van der Waals surface area contributed by atoms with Crippen molar-refractivity contribution in [2.24, 2.45) is 11.7 Å². The van der Waals surface area contributed by atoms with Crippen molar-refractivity contribution in [2.45, 2.75) is 18.8 Å². The van der Waals surface area contributed by atoms with Gasteiger partial charge < -0.3 is 15.2 Å². The van der Waals surface area contributed by atoms with E-state index in [1.807, 2.05) is 12.1 Å². The fourth-order valence-corrected chi connectivity index (χ4v) is 2.40. The van der Waals surface area contributed by atoms with Crippen LogP contribution >= 0.6 is 0 Å². The van der Waals surface area contributed by atoms with Crippen molar-refractivity contribution in [2.75, 3.05) is 20.8 Å². The van der Waals surface area contributed by atoms with Crippen molar-refractivity contribution in [3.8, 4) is 11.5 Å². The first-order valence-electron chi connectivity index (χ1n) is 5.58. The molecule has 1 saturated carbocycles. The Balaban J connectivity index is 2.35. The summed E-state index contributed by atoms with van der Waals surface area (Å²) >= 11 is 0. The van der Waals surface area contributed by atoms with Gasteiger partial charge in [0.05, 0.1) is 14.2 Å². The quantitative estimate of drug-likeness (QED) is 0.845. The summed E-state index contributed by atoms with van der Waals surface area (Å²) in [4.78, 5) is 0. The molecule has 2 N–H and O–H groups in total. The van der Waals surface area contributed by atoms with Crippen molar-refractivity contribution in [3.63, 3.8) is 0 Å². The molecule has 88 valence electrons. The van der Waals surface area contributed by atoms with Gasteiger partial charge in [-0.05, 0) is 24.9 Å². The molecule has 0 bridgehead atoms. The molecule has 0 aromatic heterocycles. The minimum absolute atomic E-state index is 0.187. The van der Waals surface area contributed by atoms with E-state index in [1.54, 1.807) is 14.2 Å². The topological polar surface area (TPSA) is 44.5 Å². The van der Waals surface area contributed by atoms with Crippen LogP contribution in [-0.4, -0.2) is 20.8 Å². The lowest BCUT2D eigenvalue weighted by molar-refractivity contribution is 0.387. The van der Waals surface area contributed by atoms with Crippen molar-refractivity contribution in [3.05, 3.63) is 23.8 Å². The third-order valence-corrected chi connectivity index (χ3v) is 3.72. The second-order valence-electron chi connectivity index (χ2n) is 4.62. The van der Waals surface area contributed by atoms with Crippen LogP contribution < -0.4 is 15.2 Å². The SMILES string of the molecule is COc1ccc(C2(C)CC2CN)c(OC)c1. The predicted octanol–water partition coefficient (Wildman–Crippen LogP) is 1.94. The van der Waals surface area contributed by atoms with Crippen LogP contribution in [0.5, 0.6) is 11.5 Å². The van der Waals surface area contributed by atoms with Crippen molar-refractivity contribution in [1.82, 2.24) is 0 Å². The Bertz CT molecular complexity index is 392. The first kappa shape index (κ1) is 11.3. The van der Waals surface area contributed by atoms with Gasteiger partial charge in [0, 0.05) is 17.0 Å². The van der Waals surface area contributed by atoms with Gasteiger partial charge in [-0.3, -0.25) is 0 Å². The Morgan fingerprint density at radius 2 is 2.12 bits per heavy atom. The highest BCUT2D eigenvalue weighted by Crippen LogP contribution is 2.56. The largest absolute Gasteiger partial charge is 0.497 e. The van der Waals surface area contributed by atoms with Crippen molar-refractivity contribution >= 4 is 0 Å². The number of nitrogens with two attached hydrogens (primary N) is 1. The van der Waals surface area contributed by atoms with Crippen molar-refractivity contribution < 1.29 is 9.47 Å². The zero-order valence-corrected chi connectivity index (χ0v) is 10.1. The number of methoxy groups -OCH3 is 2. The van der Waals surface area contributed by atoms with Gasteiger partial charge in [-0.15, -0.1) is 0 Å². The van der Waals surface area contributed by atoms with Crippen LogP contribution in [0.15, 0.2) is 18.2 Å². The molecule has 1 aliphatic rings. The molecule has 1 aromatic carbocycles. The Labute approximate surface area is 96.5 Å². The number of hydrogen-bond acceptors (Lipinski definition) is 3. The van der Waals surface area contributed by atoms with E-state index in [0.717, 1.165) is 24.5 Å². The molecule has 3 nitrogen and oxygen atoms in total. The summed E-state index contributed by atoms with van der Waals surface area (Å²) in [6.07, 6.45) is 1.15. The normalized spacial score (nSPS) is 27.6. The Hall–Kier alpha value is -1.22. The lowest BCUT2D eigenvalue weighted by Gasteiger charge is -2.16. The molecule has 2 atom stereocenters. The maximum absolute atomic E-state index is 5.73. The standard InChI is InChI=1S/C13H19NO2/c1-13(7-9(13)8-14)11-5-4-10(15-2)6-12(11)16-3/h4-6,9H,7-8,14H2,1-3H3. The predicted molar refractivity (Wildman–Crippen MR) is 64.1 cm³/mol. The number of ether oxygens (including phenoxy) is 2. The molecule has 0 spiro atoms. The minimum Gasteiger partial charge on any atom is -0.497 e. The fourth-order valence-electron chi connectivity index (χ4n) is 2.40. The molecule has 0 heterocycles. The maximum atomic E-state index is 5.73. The van der Waals surface area contributed by atoms with Crippen LogP contribution in [-0.2, 0) is 5.41 Å². The molecule has 0 aliphatic heterocycles. The first-order valence-corrected chi connectivity index (χ1v) is 5.58. The molecule has 0 saturated heterocycles. The maximum Gasteiger partial charge on any atom is 0.126 e. The van der Waals surface area contributed by atoms with Crippen LogP contribution in [0.25, 0.3) is 0 Å². The summed E-state index contributed by atoms with van der Waals surface area (Å²) in [5, 5.41) is 0. The fraction of sp³-hybridized carbons (Fsp3) is 0.538. The van der Waals surface area contributed by atoms with Gasteiger partial charge >= 0.3 is 0 Å². The molecule has 2 unspecified atom stereocenters. The molecule has 1 aromatic rings. The van der Waals surface area contributed by atoms with Gasteiger partial charge in [0.15, 0.2) is 0 Å². The average molecular weight is 221 g/mol. The van der Waals surface area contributed by atoms with Crippen LogP contribution in [0.2, 0.25) is 0 Å².